The Morgan fingerprint density at radius 2 is 2.28 bits per heavy atom. The minimum absolute atomic E-state index is 0.361. The Morgan fingerprint density at radius 1 is 1.44 bits per heavy atom. The second-order valence-corrected chi connectivity index (χ2v) is 5.05. The van der Waals surface area contributed by atoms with Crippen molar-refractivity contribution >= 4 is 0 Å². The van der Waals surface area contributed by atoms with E-state index in [1.165, 1.54) is 11.1 Å². The number of aromatic nitrogens is 2. The van der Waals surface area contributed by atoms with Crippen LogP contribution < -0.4 is 0 Å². The van der Waals surface area contributed by atoms with Crippen LogP contribution in [0.3, 0.4) is 0 Å². The molecule has 90 valence electrons. The predicted molar refractivity (Wildman–Crippen MR) is 69.0 cm³/mol. The molecule has 2 aromatic rings. The van der Waals surface area contributed by atoms with Crippen LogP contribution >= 0.6 is 0 Å². The van der Waals surface area contributed by atoms with Crippen molar-refractivity contribution in [2.45, 2.75) is 24.7 Å². The fourth-order valence-corrected chi connectivity index (χ4v) is 2.94. The molecule has 1 aliphatic rings. The Hall–Kier alpha value is -2.08. The van der Waals surface area contributed by atoms with Crippen LogP contribution in [0.2, 0.25) is 0 Å². The van der Waals surface area contributed by atoms with Crippen molar-refractivity contribution in [2.75, 3.05) is 0 Å². The largest absolute Gasteiger partial charge is 0.276 e. The topological polar surface area (TPSA) is 41.6 Å². The average molecular weight is 237 g/mol. The maximum Gasteiger partial charge on any atom is 0.0869 e. The van der Waals surface area contributed by atoms with Gasteiger partial charge in [0.1, 0.15) is 0 Å². The van der Waals surface area contributed by atoms with Crippen molar-refractivity contribution in [3.05, 3.63) is 53.3 Å². The molecule has 0 amide bonds. The van der Waals surface area contributed by atoms with Gasteiger partial charge in [-0.2, -0.15) is 10.4 Å². The summed E-state index contributed by atoms with van der Waals surface area (Å²) in [6.45, 7) is 0. The molecule has 0 aliphatic heterocycles. The van der Waals surface area contributed by atoms with Crippen molar-refractivity contribution in [1.29, 1.82) is 5.26 Å². The second-order valence-electron chi connectivity index (χ2n) is 5.05. The summed E-state index contributed by atoms with van der Waals surface area (Å²) in [7, 11) is 1.91. The maximum absolute atomic E-state index is 9.65. The first kappa shape index (κ1) is 11.0. The lowest BCUT2D eigenvalue weighted by Crippen LogP contribution is -2.23. The van der Waals surface area contributed by atoms with Crippen molar-refractivity contribution in [3.63, 3.8) is 0 Å². The van der Waals surface area contributed by atoms with Gasteiger partial charge in [-0.15, -0.1) is 0 Å². The summed E-state index contributed by atoms with van der Waals surface area (Å²) in [5.74, 6) is 0. The Bertz CT molecular complexity index is 621. The van der Waals surface area contributed by atoms with Gasteiger partial charge < -0.3 is 0 Å². The molecule has 1 atom stereocenters. The predicted octanol–water partition coefficient (Wildman–Crippen LogP) is 2.37. The zero-order chi connectivity index (χ0) is 12.6. The van der Waals surface area contributed by atoms with Crippen molar-refractivity contribution in [1.82, 2.24) is 9.78 Å². The van der Waals surface area contributed by atoms with E-state index in [1.807, 2.05) is 25.5 Å². The highest BCUT2D eigenvalue weighted by Crippen LogP contribution is 2.40. The first-order chi connectivity index (χ1) is 8.73. The molecule has 0 saturated carbocycles. The van der Waals surface area contributed by atoms with E-state index in [-0.39, 0.29) is 5.41 Å². The molecule has 3 nitrogen and oxygen atoms in total. The molecule has 1 aliphatic carbocycles. The number of hydrogen-bond acceptors (Lipinski definition) is 2. The normalized spacial score (nSPS) is 21.6. The van der Waals surface area contributed by atoms with Crippen molar-refractivity contribution in [3.8, 4) is 6.07 Å². The van der Waals surface area contributed by atoms with Gasteiger partial charge in [0.15, 0.2) is 0 Å². The van der Waals surface area contributed by atoms with E-state index in [0.717, 1.165) is 24.8 Å². The third-order valence-electron chi connectivity index (χ3n) is 3.83. The molecule has 0 spiro atoms. The molecule has 18 heavy (non-hydrogen) atoms. The molecular formula is C15H15N3. The number of nitriles is 1. The van der Waals surface area contributed by atoms with Crippen LogP contribution in [-0.2, 0) is 25.3 Å². The number of fused-ring (bicyclic) bond motifs is 1. The smallest absolute Gasteiger partial charge is 0.0869 e. The number of rotatable bonds is 2. The molecular weight excluding hydrogens is 222 g/mol. The molecule has 0 bridgehead atoms. The molecule has 0 fully saturated rings. The molecule has 0 saturated heterocycles. The highest BCUT2D eigenvalue weighted by molar-refractivity contribution is 5.45. The highest BCUT2D eigenvalue weighted by atomic mass is 15.2. The second kappa shape index (κ2) is 3.99. The van der Waals surface area contributed by atoms with Crippen LogP contribution in [0.15, 0.2) is 36.7 Å². The van der Waals surface area contributed by atoms with E-state index in [0.29, 0.717) is 0 Å². The van der Waals surface area contributed by atoms with Gasteiger partial charge in [-0.1, -0.05) is 24.3 Å². The van der Waals surface area contributed by atoms with E-state index >= 15 is 0 Å². The van der Waals surface area contributed by atoms with Gasteiger partial charge in [0.25, 0.3) is 0 Å². The van der Waals surface area contributed by atoms with E-state index in [9.17, 15) is 5.26 Å². The Balaban J connectivity index is 2.00. The standard InChI is InChI=1S/C15H15N3/c1-18-10-12(9-17-18)8-15(11-16)7-6-13-4-2-3-5-14(13)15/h2-5,9-10H,6-8H2,1H3. The lowest BCUT2D eigenvalue weighted by atomic mass is 9.78. The lowest BCUT2D eigenvalue weighted by Gasteiger charge is -2.21. The van der Waals surface area contributed by atoms with Gasteiger partial charge in [0.05, 0.1) is 17.7 Å². The van der Waals surface area contributed by atoms with Crippen LogP contribution in [-0.4, -0.2) is 9.78 Å². The van der Waals surface area contributed by atoms with Gasteiger partial charge in [-0.25, -0.2) is 0 Å². The van der Waals surface area contributed by atoms with Crippen LogP contribution in [0.25, 0.3) is 0 Å². The molecule has 3 rings (SSSR count). The van der Waals surface area contributed by atoms with Crippen LogP contribution in [0.5, 0.6) is 0 Å². The van der Waals surface area contributed by atoms with Gasteiger partial charge in [-0.05, 0) is 36.0 Å². The van der Waals surface area contributed by atoms with Crippen LogP contribution in [0.1, 0.15) is 23.1 Å². The van der Waals surface area contributed by atoms with Crippen LogP contribution in [0.4, 0.5) is 0 Å². The van der Waals surface area contributed by atoms with E-state index < -0.39 is 0 Å². The minimum atomic E-state index is -0.361. The fourth-order valence-electron chi connectivity index (χ4n) is 2.94. The van der Waals surface area contributed by atoms with Gasteiger partial charge >= 0.3 is 0 Å². The summed E-state index contributed by atoms with van der Waals surface area (Å²) in [6.07, 6.45) is 6.54. The molecule has 1 unspecified atom stereocenters. The first-order valence-corrected chi connectivity index (χ1v) is 6.21. The van der Waals surface area contributed by atoms with Crippen LogP contribution in [0, 0.1) is 11.3 Å². The molecule has 1 aromatic carbocycles. The fraction of sp³-hybridized carbons (Fsp3) is 0.333. The van der Waals surface area contributed by atoms with Gasteiger partial charge in [0.2, 0.25) is 0 Å². The van der Waals surface area contributed by atoms with Gasteiger partial charge in [-0.3, -0.25) is 4.68 Å². The quantitative estimate of drug-likeness (QED) is 0.804. The lowest BCUT2D eigenvalue weighted by molar-refractivity contribution is 0.541. The molecule has 1 aromatic heterocycles. The third kappa shape index (κ3) is 1.62. The third-order valence-corrected chi connectivity index (χ3v) is 3.83. The Labute approximate surface area is 107 Å². The van der Waals surface area contributed by atoms with E-state index in [1.54, 1.807) is 4.68 Å². The summed E-state index contributed by atoms with van der Waals surface area (Å²) in [5, 5.41) is 13.8. The summed E-state index contributed by atoms with van der Waals surface area (Å²) in [5.41, 5.74) is 3.30. The van der Waals surface area contributed by atoms with E-state index in [2.05, 4.69) is 29.4 Å². The molecule has 1 heterocycles. The van der Waals surface area contributed by atoms with Gasteiger partial charge in [0, 0.05) is 13.2 Å². The molecule has 3 heteroatoms. The summed E-state index contributed by atoms with van der Waals surface area (Å²) >= 11 is 0. The number of hydrogen-bond donors (Lipinski definition) is 0. The number of benzene rings is 1. The van der Waals surface area contributed by atoms with E-state index in [4.69, 9.17) is 0 Å². The number of nitrogens with zero attached hydrogens (tertiary/aromatic N) is 3. The van der Waals surface area contributed by atoms with Crippen molar-refractivity contribution in [2.24, 2.45) is 7.05 Å². The minimum Gasteiger partial charge on any atom is -0.276 e. The summed E-state index contributed by atoms with van der Waals surface area (Å²) < 4.78 is 1.79. The zero-order valence-electron chi connectivity index (χ0n) is 10.4. The molecule has 0 N–H and O–H groups in total. The average Bonchev–Trinajstić information content (AvgIpc) is 2.96. The summed E-state index contributed by atoms with van der Waals surface area (Å²) in [4.78, 5) is 0. The van der Waals surface area contributed by atoms with Crippen molar-refractivity contribution < 1.29 is 0 Å². The Kier molecular flexibility index (Phi) is 2.45. The zero-order valence-corrected chi connectivity index (χ0v) is 10.4. The first-order valence-electron chi connectivity index (χ1n) is 6.21. The highest BCUT2D eigenvalue weighted by Gasteiger charge is 2.39. The SMILES string of the molecule is Cn1cc(CC2(C#N)CCc3ccccc32)cn1. The monoisotopic (exact) mass is 237 g/mol. The molecule has 0 radical (unpaired) electrons. The Morgan fingerprint density at radius 3 is 3.00 bits per heavy atom. The maximum atomic E-state index is 9.65. The number of aryl methyl sites for hydroxylation is 2. The summed E-state index contributed by atoms with van der Waals surface area (Å²) in [6, 6.07) is 10.9.